The molecule has 0 aromatic heterocycles. The van der Waals surface area contributed by atoms with Gasteiger partial charge < -0.3 is 14.8 Å². The Balaban J connectivity index is 2.08. The minimum Gasteiger partial charge on any atom is -0.497 e. The SMILES string of the molecule is COc1ccc(S(=O)(=O)N2CCNC(=O)C2c2ccc(F)cc2)c(OC)c1. The summed E-state index contributed by atoms with van der Waals surface area (Å²) in [5.74, 6) is -0.388. The van der Waals surface area contributed by atoms with Crippen molar-refractivity contribution in [2.75, 3.05) is 27.3 Å². The van der Waals surface area contributed by atoms with Crippen LogP contribution in [-0.4, -0.2) is 45.9 Å². The lowest BCUT2D eigenvalue weighted by Gasteiger charge is -2.34. The third kappa shape index (κ3) is 3.60. The lowest BCUT2D eigenvalue weighted by atomic mass is 10.0. The molecule has 2 aromatic rings. The molecule has 1 aliphatic rings. The standard InChI is InChI=1S/C18H19FN2O5S/c1-25-14-7-8-16(15(11-14)26-2)27(23,24)21-10-9-20-18(22)17(21)12-3-5-13(19)6-4-12/h3-8,11,17H,9-10H2,1-2H3,(H,20,22). The fourth-order valence-electron chi connectivity index (χ4n) is 2.98. The van der Waals surface area contributed by atoms with Crippen molar-refractivity contribution in [3.05, 3.63) is 53.8 Å². The summed E-state index contributed by atoms with van der Waals surface area (Å²) in [5, 5.41) is 2.66. The molecule has 1 atom stereocenters. The van der Waals surface area contributed by atoms with Crippen LogP contribution in [0.2, 0.25) is 0 Å². The van der Waals surface area contributed by atoms with E-state index >= 15 is 0 Å². The van der Waals surface area contributed by atoms with Gasteiger partial charge >= 0.3 is 0 Å². The largest absolute Gasteiger partial charge is 0.497 e. The van der Waals surface area contributed by atoms with E-state index in [1.807, 2.05) is 0 Å². The third-order valence-electron chi connectivity index (χ3n) is 4.31. The van der Waals surface area contributed by atoms with Crippen molar-refractivity contribution in [1.29, 1.82) is 0 Å². The molecule has 3 rings (SSSR count). The normalized spacial score (nSPS) is 18.0. The second-order valence-corrected chi connectivity index (χ2v) is 7.74. The molecule has 1 fully saturated rings. The molecule has 1 N–H and O–H groups in total. The van der Waals surface area contributed by atoms with Crippen LogP contribution in [0.15, 0.2) is 47.4 Å². The number of carbonyl (C=O) groups is 1. The first kappa shape index (κ1) is 19.1. The number of rotatable bonds is 5. The van der Waals surface area contributed by atoms with Gasteiger partial charge in [0.05, 0.1) is 14.2 Å². The Labute approximate surface area is 156 Å². The predicted molar refractivity (Wildman–Crippen MR) is 95.6 cm³/mol. The van der Waals surface area contributed by atoms with Gasteiger partial charge in [0, 0.05) is 19.2 Å². The monoisotopic (exact) mass is 394 g/mol. The van der Waals surface area contributed by atoms with Gasteiger partial charge in [-0.15, -0.1) is 0 Å². The van der Waals surface area contributed by atoms with E-state index in [2.05, 4.69) is 5.32 Å². The molecule has 2 aromatic carbocycles. The molecule has 1 amide bonds. The maximum atomic E-state index is 13.3. The van der Waals surface area contributed by atoms with Crippen LogP contribution in [0.25, 0.3) is 0 Å². The van der Waals surface area contributed by atoms with Gasteiger partial charge in [0.15, 0.2) is 0 Å². The van der Waals surface area contributed by atoms with Crippen LogP contribution in [0.3, 0.4) is 0 Å². The topological polar surface area (TPSA) is 84.9 Å². The third-order valence-corrected chi connectivity index (χ3v) is 6.21. The Morgan fingerprint density at radius 1 is 1.11 bits per heavy atom. The van der Waals surface area contributed by atoms with Gasteiger partial charge in [-0.05, 0) is 29.8 Å². The number of hydrogen-bond donors (Lipinski definition) is 1. The van der Waals surface area contributed by atoms with E-state index in [-0.39, 0.29) is 23.7 Å². The summed E-state index contributed by atoms with van der Waals surface area (Å²) in [6.45, 7) is 0.250. The molecule has 7 nitrogen and oxygen atoms in total. The molecule has 144 valence electrons. The van der Waals surface area contributed by atoms with Crippen LogP contribution in [0, 0.1) is 5.82 Å². The van der Waals surface area contributed by atoms with Gasteiger partial charge in [-0.2, -0.15) is 4.31 Å². The van der Waals surface area contributed by atoms with Crippen molar-refractivity contribution >= 4 is 15.9 Å². The van der Waals surface area contributed by atoms with E-state index in [9.17, 15) is 17.6 Å². The number of amides is 1. The van der Waals surface area contributed by atoms with Gasteiger partial charge in [0.1, 0.15) is 28.3 Å². The van der Waals surface area contributed by atoms with Crippen LogP contribution in [0.5, 0.6) is 11.5 Å². The lowest BCUT2D eigenvalue weighted by Crippen LogP contribution is -2.52. The van der Waals surface area contributed by atoms with E-state index in [1.165, 1.54) is 56.7 Å². The smallest absolute Gasteiger partial charge is 0.247 e. The van der Waals surface area contributed by atoms with E-state index in [1.54, 1.807) is 0 Å². The van der Waals surface area contributed by atoms with Crippen LogP contribution in [0.1, 0.15) is 11.6 Å². The van der Waals surface area contributed by atoms with Crippen molar-refractivity contribution in [2.45, 2.75) is 10.9 Å². The number of hydrogen-bond acceptors (Lipinski definition) is 5. The number of sulfonamides is 1. The highest BCUT2D eigenvalue weighted by Crippen LogP contribution is 2.35. The molecule has 9 heteroatoms. The number of carbonyl (C=O) groups excluding carboxylic acids is 1. The molecule has 27 heavy (non-hydrogen) atoms. The Kier molecular flexibility index (Phi) is 5.33. The molecule has 0 aliphatic carbocycles. The molecular formula is C18H19FN2O5S. The van der Waals surface area contributed by atoms with Crippen molar-refractivity contribution < 1.29 is 27.1 Å². The zero-order valence-corrected chi connectivity index (χ0v) is 15.6. The summed E-state index contributed by atoms with van der Waals surface area (Å²) in [5.41, 5.74) is 0.379. The zero-order chi connectivity index (χ0) is 19.6. The molecule has 1 aliphatic heterocycles. The minimum atomic E-state index is -4.07. The first-order chi connectivity index (χ1) is 12.9. The summed E-state index contributed by atoms with van der Waals surface area (Å²) >= 11 is 0. The summed E-state index contributed by atoms with van der Waals surface area (Å²) in [6.07, 6.45) is 0. The van der Waals surface area contributed by atoms with Crippen LogP contribution in [-0.2, 0) is 14.8 Å². The van der Waals surface area contributed by atoms with Gasteiger partial charge in [-0.1, -0.05) is 12.1 Å². The first-order valence-electron chi connectivity index (χ1n) is 8.15. The van der Waals surface area contributed by atoms with Gasteiger partial charge in [0.25, 0.3) is 0 Å². The molecule has 0 radical (unpaired) electrons. The predicted octanol–water partition coefficient (Wildman–Crippen LogP) is 1.70. The average Bonchev–Trinajstić information content (AvgIpc) is 2.68. The summed E-state index contributed by atoms with van der Waals surface area (Å²) in [6, 6.07) is 8.43. The molecule has 0 saturated carbocycles. The van der Waals surface area contributed by atoms with Crippen molar-refractivity contribution in [3.8, 4) is 11.5 Å². The number of halogens is 1. The second kappa shape index (κ2) is 7.53. The zero-order valence-electron chi connectivity index (χ0n) is 14.8. The van der Waals surface area contributed by atoms with Crippen molar-refractivity contribution in [3.63, 3.8) is 0 Å². The Morgan fingerprint density at radius 2 is 1.81 bits per heavy atom. The highest BCUT2D eigenvalue weighted by Gasteiger charge is 2.40. The number of nitrogens with zero attached hydrogens (tertiary/aromatic N) is 1. The second-order valence-electron chi connectivity index (χ2n) is 5.88. The highest BCUT2D eigenvalue weighted by molar-refractivity contribution is 7.89. The van der Waals surface area contributed by atoms with Crippen molar-refractivity contribution in [2.24, 2.45) is 0 Å². The molecule has 1 heterocycles. The fraction of sp³-hybridized carbons (Fsp3) is 0.278. The quantitative estimate of drug-likeness (QED) is 0.835. The first-order valence-corrected chi connectivity index (χ1v) is 9.59. The highest BCUT2D eigenvalue weighted by atomic mass is 32.2. The van der Waals surface area contributed by atoms with E-state index < -0.39 is 27.8 Å². The molecule has 1 saturated heterocycles. The Bertz CT molecular complexity index is 947. The molecule has 0 spiro atoms. The Hall–Kier alpha value is -2.65. The van der Waals surface area contributed by atoms with Gasteiger partial charge in [-0.25, -0.2) is 12.8 Å². The van der Waals surface area contributed by atoms with Gasteiger partial charge in [0.2, 0.25) is 15.9 Å². The maximum Gasteiger partial charge on any atom is 0.247 e. The number of methoxy groups -OCH3 is 2. The number of benzene rings is 2. The number of ether oxygens (including phenoxy) is 2. The van der Waals surface area contributed by atoms with E-state index in [4.69, 9.17) is 9.47 Å². The van der Waals surface area contributed by atoms with Gasteiger partial charge in [-0.3, -0.25) is 4.79 Å². The molecular weight excluding hydrogens is 375 g/mol. The number of piperazine rings is 1. The van der Waals surface area contributed by atoms with Crippen LogP contribution >= 0.6 is 0 Å². The summed E-state index contributed by atoms with van der Waals surface area (Å²) < 4.78 is 51.3. The lowest BCUT2D eigenvalue weighted by molar-refractivity contribution is -0.126. The maximum absolute atomic E-state index is 13.3. The number of nitrogens with one attached hydrogen (secondary N) is 1. The summed E-state index contributed by atoms with van der Waals surface area (Å²) in [7, 11) is -1.26. The minimum absolute atomic E-state index is 0.0747. The van der Waals surface area contributed by atoms with E-state index in [0.717, 1.165) is 4.31 Å². The van der Waals surface area contributed by atoms with Crippen molar-refractivity contribution in [1.82, 2.24) is 9.62 Å². The van der Waals surface area contributed by atoms with Crippen LogP contribution < -0.4 is 14.8 Å². The van der Waals surface area contributed by atoms with Crippen LogP contribution in [0.4, 0.5) is 4.39 Å². The van der Waals surface area contributed by atoms with E-state index in [0.29, 0.717) is 11.3 Å². The average molecular weight is 394 g/mol. The summed E-state index contributed by atoms with van der Waals surface area (Å²) in [4.78, 5) is 12.4. The molecule has 1 unspecified atom stereocenters. The fourth-order valence-corrected chi connectivity index (χ4v) is 4.70. The molecule has 0 bridgehead atoms. The Morgan fingerprint density at radius 3 is 2.44 bits per heavy atom.